The largest absolute Gasteiger partial charge is 0.455 e. The van der Waals surface area contributed by atoms with E-state index in [1.165, 1.54) is 0 Å². The molecule has 4 nitrogen and oxygen atoms in total. The number of fused-ring (bicyclic) bond motifs is 1. The minimum Gasteiger partial charge on any atom is -0.455 e. The van der Waals surface area contributed by atoms with Gasteiger partial charge < -0.3 is 14.6 Å². The molecule has 0 bridgehead atoms. The second kappa shape index (κ2) is 8.02. The van der Waals surface area contributed by atoms with Crippen LogP contribution >= 0.6 is 11.6 Å². The molecule has 0 unspecified atom stereocenters. The molecular weight excluding hydrogens is 384 g/mol. The minimum atomic E-state index is -0.194. The Kier molecular flexibility index (Phi) is 5.28. The van der Waals surface area contributed by atoms with Crippen LogP contribution in [0.25, 0.3) is 10.9 Å². The summed E-state index contributed by atoms with van der Waals surface area (Å²) < 4.78 is 8.00. The standard InChI is InChI=1S/C24H21ClN2O2/c1-3-27-21-12-8-7-11-19(21)16(2)23(27)24(28)26-20-15-17(25)13-14-22(20)29-18-9-5-4-6-10-18/h4-15H,3H2,1-2H3,(H,26,28). The summed E-state index contributed by atoms with van der Waals surface area (Å²) in [5.74, 6) is 1.02. The molecule has 0 atom stereocenters. The van der Waals surface area contributed by atoms with Crippen LogP contribution < -0.4 is 10.1 Å². The van der Waals surface area contributed by atoms with Gasteiger partial charge in [0.2, 0.25) is 0 Å². The van der Waals surface area contributed by atoms with Crippen molar-refractivity contribution in [2.45, 2.75) is 20.4 Å². The van der Waals surface area contributed by atoms with E-state index in [1.807, 2.05) is 73.0 Å². The quantitative estimate of drug-likeness (QED) is 0.403. The van der Waals surface area contributed by atoms with Crippen molar-refractivity contribution < 1.29 is 9.53 Å². The van der Waals surface area contributed by atoms with Crippen LogP contribution in [-0.4, -0.2) is 10.5 Å². The van der Waals surface area contributed by atoms with Gasteiger partial charge in [0.05, 0.1) is 5.69 Å². The first-order chi connectivity index (χ1) is 14.1. The van der Waals surface area contributed by atoms with Crippen LogP contribution in [-0.2, 0) is 6.54 Å². The molecule has 4 rings (SSSR count). The van der Waals surface area contributed by atoms with Gasteiger partial charge in [0, 0.05) is 22.5 Å². The third-order valence-electron chi connectivity index (χ3n) is 4.92. The molecule has 0 aliphatic heterocycles. The Morgan fingerprint density at radius 3 is 2.52 bits per heavy atom. The van der Waals surface area contributed by atoms with Crippen molar-refractivity contribution in [3.63, 3.8) is 0 Å². The minimum absolute atomic E-state index is 0.194. The van der Waals surface area contributed by atoms with Crippen LogP contribution in [0.5, 0.6) is 11.5 Å². The number of halogens is 1. The number of nitrogens with zero attached hydrogens (tertiary/aromatic N) is 1. The van der Waals surface area contributed by atoms with Crippen LogP contribution in [0.1, 0.15) is 23.0 Å². The maximum absolute atomic E-state index is 13.3. The highest BCUT2D eigenvalue weighted by molar-refractivity contribution is 6.31. The highest BCUT2D eigenvalue weighted by atomic mass is 35.5. The van der Waals surface area contributed by atoms with E-state index in [4.69, 9.17) is 16.3 Å². The Morgan fingerprint density at radius 1 is 1.03 bits per heavy atom. The maximum atomic E-state index is 13.3. The van der Waals surface area contributed by atoms with Crippen LogP contribution in [0.15, 0.2) is 72.8 Å². The van der Waals surface area contributed by atoms with Crippen molar-refractivity contribution in [1.82, 2.24) is 4.57 Å². The summed E-state index contributed by atoms with van der Waals surface area (Å²) in [6.45, 7) is 4.70. The van der Waals surface area contributed by atoms with Crippen molar-refractivity contribution in [2.75, 3.05) is 5.32 Å². The molecule has 5 heteroatoms. The summed E-state index contributed by atoms with van der Waals surface area (Å²) in [6, 6.07) is 22.7. The van der Waals surface area contributed by atoms with Crippen LogP contribution in [0.2, 0.25) is 5.02 Å². The lowest BCUT2D eigenvalue weighted by atomic mass is 10.1. The number of carbonyl (C=O) groups is 1. The number of para-hydroxylation sites is 2. The molecule has 1 aromatic heterocycles. The van der Waals surface area contributed by atoms with Gasteiger partial charge in [-0.2, -0.15) is 0 Å². The fraction of sp³-hybridized carbons (Fsp3) is 0.125. The number of carbonyl (C=O) groups excluding carboxylic acids is 1. The van der Waals surface area contributed by atoms with E-state index in [0.29, 0.717) is 34.4 Å². The first-order valence-corrected chi connectivity index (χ1v) is 9.88. The number of benzene rings is 3. The summed E-state index contributed by atoms with van der Waals surface area (Å²) in [6.07, 6.45) is 0. The first-order valence-electron chi connectivity index (χ1n) is 9.50. The number of aromatic nitrogens is 1. The van der Waals surface area contributed by atoms with Gasteiger partial charge in [-0.15, -0.1) is 0 Å². The second-order valence-corrected chi connectivity index (χ2v) is 7.18. The van der Waals surface area contributed by atoms with Gasteiger partial charge in [0.1, 0.15) is 11.4 Å². The zero-order valence-corrected chi connectivity index (χ0v) is 17.0. The van der Waals surface area contributed by atoms with E-state index in [9.17, 15) is 4.79 Å². The number of amides is 1. The molecule has 29 heavy (non-hydrogen) atoms. The van der Waals surface area contributed by atoms with Gasteiger partial charge in [-0.05, 0) is 55.8 Å². The molecule has 1 heterocycles. The molecule has 0 saturated carbocycles. The van der Waals surface area contributed by atoms with Gasteiger partial charge in [0.25, 0.3) is 5.91 Å². The summed E-state index contributed by atoms with van der Waals surface area (Å²) >= 11 is 6.19. The number of nitrogens with one attached hydrogen (secondary N) is 1. The molecule has 146 valence electrons. The Bertz CT molecular complexity index is 1180. The molecule has 0 aliphatic carbocycles. The monoisotopic (exact) mass is 404 g/mol. The lowest BCUT2D eigenvalue weighted by Crippen LogP contribution is -2.18. The average molecular weight is 405 g/mol. The second-order valence-electron chi connectivity index (χ2n) is 6.74. The van der Waals surface area contributed by atoms with Crippen molar-refractivity contribution in [3.8, 4) is 11.5 Å². The SMILES string of the molecule is CCn1c(C(=O)Nc2cc(Cl)ccc2Oc2ccccc2)c(C)c2ccccc21. The number of hydrogen-bond donors (Lipinski definition) is 1. The average Bonchev–Trinajstić information content (AvgIpc) is 3.03. The molecule has 3 aromatic carbocycles. The summed E-state index contributed by atoms with van der Waals surface area (Å²) in [5, 5.41) is 4.59. The van der Waals surface area contributed by atoms with E-state index < -0.39 is 0 Å². The Balaban J connectivity index is 1.72. The van der Waals surface area contributed by atoms with Gasteiger partial charge in [-0.1, -0.05) is 48.0 Å². The summed E-state index contributed by atoms with van der Waals surface area (Å²) in [5.41, 5.74) is 3.16. The zero-order valence-electron chi connectivity index (χ0n) is 16.3. The van der Waals surface area contributed by atoms with E-state index in [-0.39, 0.29) is 5.91 Å². The molecule has 0 fully saturated rings. The third-order valence-corrected chi connectivity index (χ3v) is 5.15. The molecule has 1 amide bonds. The predicted octanol–water partition coefficient (Wildman–Crippen LogP) is 6.67. The fourth-order valence-corrected chi connectivity index (χ4v) is 3.76. The molecule has 4 aromatic rings. The van der Waals surface area contributed by atoms with Crippen molar-refractivity contribution in [2.24, 2.45) is 0 Å². The number of rotatable bonds is 5. The van der Waals surface area contributed by atoms with Gasteiger partial charge >= 0.3 is 0 Å². The first kappa shape index (κ1) is 19.1. The number of anilines is 1. The Labute approximate surface area is 174 Å². The fourth-order valence-electron chi connectivity index (χ4n) is 3.58. The van der Waals surface area contributed by atoms with Crippen molar-refractivity contribution in [1.29, 1.82) is 0 Å². The highest BCUT2D eigenvalue weighted by Gasteiger charge is 2.20. The maximum Gasteiger partial charge on any atom is 0.272 e. The molecule has 1 N–H and O–H groups in total. The number of aryl methyl sites for hydroxylation is 2. The Morgan fingerprint density at radius 2 is 1.76 bits per heavy atom. The van der Waals surface area contributed by atoms with E-state index in [2.05, 4.69) is 5.32 Å². The lowest BCUT2D eigenvalue weighted by Gasteiger charge is -2.14. The molecule has 0 saturated heterocycles. The zero-order chi connectivity index (χ0) is 20.4. The summed E-state index contributed by atoms with van der Waals surface area (Å²) in [4.78, 5) is 13.3. The van der Waals surface area contributed by atoms with Crippen molar-refractivity contribution in [3.05, 3.63) is 89.1 Å². The normalized spacial score (nSPS) is 10.9. The van der Waals surface area contributed by atoms with E-state index >= 15 is 0 Å². The van der Waals surface area contributed by atoms with Crippen LogP contribution in [0.3, 0.4) is 0 Å². The van der Waals surface area contributed by atoms with E-state index in [0.717, 1.165) is 16.5 Å². The van der Waals surface area contributed by atoms with Gasteiger partial charge in [-0.3, -0.25) is 4.79 Å². The number of ether oxygens (including phenoxy) is 1. The van der Waals surface area contributed by atoms with Gasteiger partial charge in [-0.25, -0.2) is 0 Å². The molecule has 0 radical (unpaired) electrons. The molecule has 0 aliphatic rings. The van der Waals surface area contributed by atoms with E-state index in [1.54, 1.807) is 18.2 Å². The van der Waals surface area contributed by atoms with Crippen LogP contribution in [0, 0.1) is 6.92 Å². The highest BCUT2D eigenvalue weighted by Crippen LogP contribution is 2.33. The number of hydrogen-bond acceptors (Lipinski definition) is 2. The van der Waals surface area contributed by atoms with Crippen LogP contribution in [0.4, 0.5) is 5.69 Å². The van der Waals surface area contributed by atoms with Gasteiger partial charge in [0.15, 0.2) is 5.75 Å². The Hall–Kier alpha value is -3.24. The topological polar surface area (TPSA) is 43.3 Å². The third kappa shape index (κ3) is 3.71. The smallest absolute Gasteiger partial charge is 0.272 e. The lowest BCUT2D eigenvalue weighted by molar-refractivity contribution is 0.101. The predicted molar refractivity (Wildman–Crippen MR) is 118 cm³/mol. The molecular formula is C24H21ClN2O2. The summed E-state index contributed by atoms with van der Waals surface area (Å²) in [7, 11) is 0. The molecule has 0 spiro atoms. The van der Waals surface area contributed by atoms with Crippen molar-refractivity contribution >= 4 is 34.1 Å².